The second kappa shape index (κ2) is 7.27. The SMILES string of the molecule is C#CCNCC(=O)NCC1CCCCO1. The first-order valence-corrected chi connectivity index (χ1v) is 5.35. The van der Waals surface area contributed by atoms with Gasteiger partial charge in [0.25, 0.3) is 0 Å². The predicted molar refractivity (Wildman–Crippen MR) is 58.3 cm³/mol. The van der Waals surface area contributed by atoms with Crippen molar-refractivity contribution in [1.82, 2.24) is 10.6 Å². The van der Waals surface area contributed by atoms with Gasteiger partial charge < -0.3 is 10.1 Å². The minimum atomic E-state index is -0.0283. The summed E-state index contributed by atoms with van der Waals surface area (Å²) in [7, 11) is 0. The zero-order chi connectivity index (χ0) is 10.9. The molecule has 1 amide bonds. The number of hydrogen-bond acceptors (Lipinski definition) is 3. The summed E-state index contributed by atoms with van der Waals surface area (Å²) in [6, 6.07) is 0. The van der Waals surface area contributed by atoms with Gasteiger partial charge in [0.1, 0.15) is 0 Å². The second-order valence-corrected chi connectivity index (χ2v) is 3.60. The molecule has 0 radical (unpaired) electrons. The molecule has 0 saturated carbocycles. The Hall–Kier alpha value is -1.05. The summed E-state index contributed by atoms with van der Waals surface area (Å²) >= 11 is 0. The summed E-state index contributed by atoms with van der Waals surface area (Å²) in [5, 5.41) is 5.65. The van der Waals surface area contributed by atoms with Crippen molar-refractivity contribution in [3.05, 3.63) is 0 Å². The van der Waals surface area contributed by atoms with Crippen molar-refractivity contribution in [2.45, 2.75) is 25.4 Å². The molecule has 1 atom stereocenters. The number of ether oxygens (including phenoxy) is 1. The van der Waals surface area contributed by atoms with Crippen molar-refractivity contribution in [3.8, 4) is 12.3 Å². The Bertz CT molecular complexity index is 229. The summed E-state index contributed by atoms with van der Waals surface area (Å²) in [6.45, 7) is 2.12. The van der Waals surface area contributed by atoms with Crippen LogP contribution in [0.2, 0.25) is 0 Å². The molecule has 1 unspecified atom stereocenters. The van der Waals surface area contributed by atoms with Crippen molar-refractivity contribution >= 4 is 5.91 Å². The van der Waals surface area contributed by atoms with E-state index >= 15 is 0 Å². The minimum absolute atomic E-state index is 0.0283. The molecule has 0 aromatic carbocycles. The van der Waals surface area contributed by atoms with Gasteiger partial charge in [-0.05, 0) is 19.3 Å². The van der Waals surface area contributed by atoms with Gasteiger partial charge >= 0.3 is 0 Å². The summed E-state index contributed by atoms with van der Waals surface area (Å²) in [4.78, 5) is 11.3. The molecular formula is C11H18N2O2. The lowest BCUT2D eigenvalue weighted by atomic mass is 10.1. The van der Waals surface area contributed by atoms with Gasteiger partial charge in [-0.3, -0.25) is 10.1 Å². The predicted octanol–water partition coefficient (Wildman–Crippen LogP) is -0.106. The molecule has 4 heteroatoms. The van der Waals surface area contributed by atoms with Crippen LogP contribution in [0.3, 0.4) is 0 Å². The van der Waals surface area contributed by atoms with Crippen LogP contribution in [0.5, 0.6) is 0 Å². The Morgan fingerprint density at radius 1 is 1.53 bits per heavy atom. The lowest BCUT2D eigenvalue weighted by Gasteiger charge is -2.22. The van der Waals surface area contributed by atoms with E-state index in [0.717, 1.165) is 19.4 Å². The monoisotopic (exact) mass is 210 g/mol. The number of terminal acetylenes is 1. The lowest BCUT2D eigenvalue weighted by Crippen LogP contribution is -2.39. The van der Waals surface area contributed by atoms with Gasteiger partial charge in [0.05, 0.1) is 19.2 Å². The highest BCUT2D eigenvalue weighted by molar-refractivity contribution is 5.78. The third kappa shape index (κ3) is 5.40. The second-order valence-electron chi connectivity index (χ2n) is 3.60. The average Bonchev–Trinajstić information content (AvgIpc) is 2.28. The van der Waals surface area contributed by atoms with Crippen LogP contribution in [-0.4, -0.2) is 38.3 Å². The van der Waals surface area contributed by atoms with Crippen molar-refractivity contribution in [3.63, 3.8) is 0 Å². The molecule has 15 heavy (non-hydrogen) atoms. The van der Waals surface area contributed by atoms with E-state index < -0.39 is 0 Å². The summed E-state index contributed by atoms with van der Waals surface area (Å²) in [5.41, 5.74) is 0. The zero-order valence-electron chi connectivity index (χ0n) is 8.92. The third-order valence-corrected chi connectivity index (χ3v) is 2.31. The van der Waals surface area contributed by atoms with E-state index in [-0.39, 0.29) is 18.6 Å². The fraction of sp³-hybridized carbons (Fsp3) is 0.727. The van der Waals surface area contributed by atoms with Crippen LogP contribution in [0, 0.1) is 12.3 Å². The van der Waals surface area contributed by atoms with E-state index in [0.29, 0.717) is 13.1 Å². The molecule has 1 aliphatic rings. The molecule has 1 rings (SSSR count). The Morgan fingerprint density at radius 3 is 3.07 bits per heavy atom. The molecular weight excluding hydrogens is 192 g/mol. The first-order chi connectivity index (χ1) is 7.33. The van der Waals surface area contributed by atoms with Gasteiger partial charge in [-0.1, -0.05) is 5.92 Å². The van der Waals surface area contributed by atoms with Crippen molar-refractivity contribution < 1.29 is 9.53 Å². The normalized spacial score (nSPS) is 20.6. The molecule has 0 aromatic heterocycles. The molecule has 0 bridgehead atoms. The highest BCUT2D eigenvalue weighted by Gasteiger charge is 2.14. The maximum Gasteiger partial charge on any atom is 0.234 e. The van der Waals surface area contributed by atoms with Crippen LogP contribution in [0.25, 0.3) is 0 Å². The maximum atomic E-state index is 11.3. The standard InChI is InChI=1S/C11H18N2O2/c1-2-6-12-9-11(14)13-8-10-5-3-4-7-15-10/h1,10,12H,3-9H2,(H,13,14). The molecule has 0 aromatic rings. The highest BCUT2D eigenvalue weighted by Crippen LogP contribution is 2.11. The fourth-order valence-corrected chi connectivity index (χ4v) is 1.51. The number of carbonyl (C=O) groups excluding carboxylic acids is 1. The molecule has 4 nitrogen and oxygen atoms in total. The fourth-order valence-electron chi connectivity index (χ4n) is 1.51. The summed E-state index contributed by atoms with van der Waals surface area (Å²) in [6.07, 6.45) is 8.59. The van der Waals surface area contributed by atoms with Crippen LogP contribution in [0.4, 0.5) is 0 Å². The minimum Gasteiger partial charge on any atom is -0.376 e. The summed E-state index contributed by atoms with van der Waals surface area (Å²) < 4.78 is 5.49. The highest BCUT2D eigenvalue weighted by atomic mass is 16.5. The number of hydrogen-bond donors (Lipinski definition) is 2. The van der Waals surface area contributed by atoms with Gasteiger partial charge in [0.2, 0.25) is 5.91 Å². The molecule has 0 spiro atoms. The largest absolute Gasteiger partial charge is 0.376 e. The van der Waals surface area contributed by atoms with E-state index in [1.54, 1.807) is 0 Å². The molecule has 1 aliphatic heterocycles. The average molecular weight is 210 g/mol. The Labute approximate surface area is 90.8 Å². The van der Waals surface area contributed by atoms with E-state index in [9.17, 15) is 4.79 Å². The Kier molecular flexibility index (Phi) is 5.83. The van der Waals surface area contributed by atoms with Crippen molar-refractivity contribution in [1.29, 1.82) is 0 Å². The third-order valence-electron chi connectivity index (χ3n) is 2.31. The smallest absolute Gasteiger partial charge is 0.234 e. The lowest BCUT2D eigenvalue weighted by molar-refractivity contribution is -0.121. The topological polar surface area (TPSA) is 50.4 Å². The first kappa shape index (κ1) is 12.0. The van der Waals surface area contributed by atoms with Crippen molar-refractivity contribution in [2.75, 3.05) is 26.2 Å². The van der Waals surface area contributed by atoms with E-state index in [1.807, 2.05) is 0 Å². The molecule has 1 fully saturated rings. The number of carbonyl (C=O) groups is 1. The molecule has 0 aliphatic carbocycles. The van der Waals surface area contributed by atoms with E-state index in [1.165, 1.54) is 6.42 Å². The first-order valence-electron chi connectivity index (χ1n) is 5.35. The van der Waals surface area contributed by atoms with E-state index in [2.05, 4.69) is 16.6 Å². The van der Waals surface area contributed by atoms with Gasteiger partial charge in [-0.25, -0.2) is 0 Å². The van der Waals surface area contributed by atoms with Crippen LogP contribution in [0.1, 0.15) is 19.3 Å². The maximum absolute atomic E-state index is 11.3. The van der Waals surface area contributed by atoms with Gasteiger partial charge in [0.15, 0.2) is 0 Å². The summed E-state index contributed by atoms with van der Waals surface area (Å²) in [5.74, 6) is 2.38. The quantitative estimate of drug-likeness (QED) is 0.492. The van der Waals surface area contributed by atoms with Gasteiger partial charge in [-0.15, -0.1) is 6.42 Å². The Morgan fingerprint density at radius 2 is 2.40 bits per heavy atom. The van der Waals surface area contributed by atoms with Crippen LogP contribution < -0.4 is 10.6 Å². The molecule has 1 heterocycles. The van der Waals surface area contributed by atoms with Crippen molar-refractivity contribution in [2.24, 2.45) is 0 Å². The molecule has 84 valence electrons. The number of rotatable bonds is 5. The molecule has 2 N–H and O–H groups in total. The van der Waals surface area contributed by atoms with Gasteiger partial charge in [-0.2, -0.15) is 0 Å². The molecule has 1 saturated heterocycles. The Balaban J connectivity index is 2.03. The number of nitrogens with one attached hydrogen (secondary N) is 2. The van der Waals surface area contributed by atoms with E-state index in [4.69, 9.17) is 11.2 Å². The number of amides is 1. The van der Waals surface area contributed by atoms with Gasteiger partial charge in [0, 0.05) is 13.2 Å². The van der Waals surface area contributed by atoms with Crippen LogP contribution in [0.15, 0.2) is 0 Å². The zero-order valence-corrected chi connectivity index (χ0v) is 8.92. The van der Waals surface area contributed by atoms with Crippen LogP contribution >= 0.6 is 0 Å². The van der Waals surface area contributed by atoms with Crippen LogP contribution in [-0.2, 0) is 9.53 Å².